The maximum atomic E-state index is 12.2. The third kappa shape index (κ3) is 4.63. The van der Waals surface area contributed by atoms with E-state index >= 15 is 0 Å². The first-order valence-electron chi connectivity index (χ1n) is 7.05. The fourth-order valence-electron chi connectivity index (χ4n) is 3.27. The van der Waals surface area contributed by atoms with Gasteiger partial charge in [0, 0.05) is 6.42 Å². The van der Waals surface area contributed by atoms with Crippen molar-refractivity contribution in [3.05, 3.63) is 12.3 Å². The van der Waals surface area contributed by atoms with Crippen LogP contribution in [0, 0.1) is 17.3 Å². The first-order valence-corrected chi connectivity index (χ1v) is 8.46. The van der Waals surface area contributed by atoms with E-state index in [-0.39, 0.29) is 17.6 Å². The van der Waals surface area contributed by atoms with Gasteiger partial charge in [-0.25, -0.2) is 0 Å². The first kappa shape index (κ1) is 18.3. The van der Waals surface area contributed by atoms with Crippen molar-refractivity contribution in [3.8, 4) is 0 Å². The summed E-state index contributed by atoms with van der Waals surface area (Å²) in [5, 5.41) is 0. The molecule has 0 saturated heterocycles. The van der Waals surface area contributed by atoms with Gasteiger partial charge < -0.3 is 4.18 Å². The molecule has 0 unspecified atom stereocenters. The molecule has 0 bridgehead atoms. The largest absolute Gasteiger partial charge is 0.534 e. The van der Waals surface area contributed by atoms with Crippen molar-refractivity contribution in [3.63, 3.8) is 0 Å². The van der Waals surface area contributed by atoms with Crippen LogP contribution in [0.1, 0.15) is 52.9 Å². The highest BCUT2D eigenvalue weighted by Crippen LogP contribution is 2.46. The minimum absolute atomic E-state index is 0.0981. The van der Waals surface area contributed by atoms with Crippen LogP contribution in [0.15, 0.2) is 12.3 Å². The minimum atomic E-state index is -5.59. The van der Waals surface area contributed by atoms with Gasteiger partial charge in [-0.3, -0.25) is 0 Å². The maximum absolute atomic E-state index is 12.2. The van der Waals surface area contributed by atoms with Gasteiger partial charge in [0.2, 0.25) is 0 Å². The van der Waals surface area contributed by atoms with Gasteiger partial charge in [0.15, 0.2) is 0 Å². The smallest absolute Gasteiger partial charge is 0.381 e. The molecule has 0 radical (unpaired) electrons. The Morgan fingerprint density at radius 2 is 1.95 bits per heavy atom. The Morgan fingerprint density at radius 1 is 1.38 bits per heavy atom. The van der Waals surface area contributed by atoms with Gasteiger partial charge in [0.05, 0.1) is 0 Å². The second-order valence-corrected chi connectivity index (χ2v) is 8.06. The molecule has 1 aliphatic carbocycles. The normalized spacial score (nSPS) is 26.4. The topological polar surface area (TPSA) is 43.4 Å². The molecule has 0 N–H and O–H groups in total. The molecule has 1 rings (SSSR count). The summed E-state index contributed by atoms with van der Waals surface area (Å²) in [6.45, 7) is 9.72. The van der Waals surface area contributed by atoms with Gasteiger partial charge in [0.1, 0.15) is 5.76 Å². The summed E-state index contributed by atoms with van der Waals surface area (Å²) < 4.78 is 62.5. The van der Waals surface area contributed by atoms with Crippen molar-refractivity contribution in [2.45, 2.75) is 58.4 Å². The summed E-state index contributed by atoms with van der Waals surface area (Å²) in [4.78, 5) is 0. The Balaban J connectivity index is 2.61. The van der Waals surface area contributed by atoms with Crippen LogP contribution in [0.4, 0.5) is 13.2 Å². The van der Waals surface area contributed by atoms with Crippen molar-refractivity contribution in [2.75, 3.05) is 0 Å². The molecule has 124 valence electrons. The average Bonchev–Trinajstić information content (AvgIpc) is 2.24. The van der Waals surface area contributed by atoms with Gasteiger partial charge in [-0.05, 0) is 30.1 Å². The monoisotopic (exact) mass is 328 g/mol. The molecule has 7 heteroatoms. The Hall–Kier alpha value is -0.720. The van der Waals surface area contributed by atoms with E-state index in [2.05, 4.69) is 31.5 Å². The summed E-state index contributed by atoms with van der Waals surface area (Å²) >= 11 is 0. The molecule has 3 nitrogen and oxygen atoms in total. The van der Waals surface area contributed by atoms with Gasteiger partial charge in [-0.1, -0.05) is 40.2 Å². The highest BCUT2D eigenvalue weighted by Gasteiger charge is 2.48. The van der Waals surface area contributed by atoms with Crippen LogP contribution in [0.3, 0.4) is 0 Å². The minimum Gasteiger partial charge on any atom is -0.381 e. The predicted molar refractivity (Wildman–Crippen MR) is 74.7 cm³/mol. The van der Waals surface area contributed by atoms with E-state index < -0.39 is 15.6 Å². The Kier molecular flexibility index (Phi) is 5.40. The highest BCUT2D eigenvalue weighted by atomic mass is 32.2. The molecule has 1 saturated carbocycles. The lowest BCUT2D eigenvalue weighted by atomic mass is 9.62. The van der Waals surface area contributed by atoms with E-state index in [0.29, 0.717) is 18.3 Å². The van der Waals surface area contributed by atoms with E-state index in [1.807, 2.05) is 0 Å². The molecule has 1 fully saturated rings. The fraction of sp³-hybridized carbons (Fsp3) is 0.857. The van der Waals surface area contributed by atoms with Gasteiger partial charge in [0.25, 0.3) is 0 Å². The summed E-state index contributed by atoms with van der Waals surface area (Å²) in [5.74, 6) is 0.432. The predicted octanol–water partition coefficient (Wildman–Crippen LogP) is 4.61. The first-order chi connectivity index (χ1) is 9.37. The highest BCUT2D eigenvalue weighted by molar-refractivity contribution is 7.87. The second-order valence-electron chi connectivity index (χ2n) is 6.53. The molecule has 21 heavy (non-hydrogen) atoms. The molecular weight excluding hydrogens is 305 g/mol. The van der Waals surface area contributed by atoms with Crippen LogP contribution < -0.4 is 0 Å². The lowest BCUT2D eigenvalue weighted by Crippen LogP contribution is -2.33. The molecule has 1 aliphatic rings. The maximum Gasteiger partial charge on any atom is 0.534 e. The van der Waals surface area contributed by atoms with Crippen LogP contribution in [-0.4, -0.2) is 13.9 Å². The van der Waals surface area contributed by atoms with Gasteiger partial charge >= 0.3 is 15.6 Å². The molecule has 0 aromatic rings. The molecule has 0 heterocycles. The summed E-state index contributed by atoms with van der Waals surface area (Å²) in [6, 6.07) is 0. The molecule has 0 aliphatic heterocycles. The lowest BCUT2D eigenvalue weighted by Gasteiger charge is -2.43. The number of hydrogen-bond acceptors (Lipinski definition) is 3. The molecule has 0 amide bonds. The number of allylic oxidation sites excluding steroid dienone is 1. The zero-order chi connectivity index (χ0) is 16.5. The van der Waals surface area contributed by atoms with Crippen LogP contribution in [0.5, 0.6) is 0 Å². The molecule has 0 aromatic carbocycles. The standard InChI is InChI=1S/C14H23F3O3S/c1-10-6-5-9-13(3,4)12(10)8-7-11(2)20-21(18,19)14(15,16)17/h10,12H,2,5-9H2,1,3-4H3/t10-,12-/m0/s1. The quantitative estimate of drug-likeness (QED) is 0.420. The number of hydrogen-bond donors (Lipinski definition) is 0. The van der Waals surface area contributed by atoms with E-state index in [4.69, 9.17) is 0 Å². The Morgan fingerprint density at radius 3 is 2.43 bits per heavy atom. The van der Waals surface area contributed by atoms with Crippen molar-refractivity contribution in [1.29, 1.82) is 0 Å². The Bertz CT molecular complexity index is 480. The van der Waals surface area contributed by atoms with E-state index in [1.165, 1.54) is 0 Å². The van der Waals surface area contributed by atoms with Crippen LogP contribution in [-0.2, 0) is 14.3 Å². The van der Waals surface area contributed by atoms with Gasteiger partial charge in [-0.15, -0.1) is 0 Å². The molecule has 0 aromatic heterocycles. The van der Waals surface area contributed by atoms with Crippen LogP contribution >= 0.6 is 0 Å². The average molecular weight is 328 g/mol. The van der Waals surface area contributed by atoms with E-state index in [0.717, 1.165) is 19.3 Å². The van der Waals surface area contributed by atoms with Crippen molar-refractivity contribution >= 4 is 10.1 Å². The SMILES string of the molecule is C=C(CC[C@H]1[C@@H](C)CCCC1(C)C)OS(=O)(=O)C(F)(F)F. The summed E-state index contributed by atoms with van der Waals surface area (Å²) in [5.41, 5.74) is -5.31. The molecule has 0 spiro atoms. The van der Waals surface area contributed by atoms with Crippen molar-refractivity contribution in [2.24, 2.45) is 17.3 Å². The van der Waals surface area contributed by atoms with E-state index in [9.17, 15) is 21.6 Å². The van der Waals surface area contributed by atoms with Crippen LogP contribution in [0.2, 0.25) is 0 Å². The third-order valence-electron chi connectivity index (χ3n) is 4.42. The number of alkyl halides is 3. The fourth-order valence-corrected chi connectivity index (χ4v) is 3.76. The molecular formula is C14H23F3O3S. The molecule has 2 atom stereocenters. The summed E-state index contributed by atoms with van der Waals surface area (Å²) in [7, 11) is -5.59. The van der Waals surface area contributed by atoms with Gasteiger partial charge in [-0.2, -0.15) is 21.6 Å². The number of halogens is 3. The van der Waals surface area contributed by atoms with E-state index in [1.54, 1.807) is 0 Å². The van der Waals surface area contributed by atoms with Crippen molar-refractivity contribution in [1.82, 2.24) is 0 Å². The summed E-state index contributed by atoms with van der Waals surface area (Å²) in [6.07, 6.45) is 4.00. The lowest BCUT2D eigenvalue weighted by molar-refractivity contribution is -0.0524. The zero-order valence-electron chi connectivity index (χ0n) is 12.7. The third-order valence-corrected chi connectivity index (χ3v) is 5.44. The Labute approximate surface area is 124 Å². The van der Waals surface area contributed by atoms with Crippen LogP contribution in [0.25, 0.3) is 0 Å². The van der Waals surface area contributed by atoms with Crippen molar-refractivity contribution < 1.29 is 25.8 Å². The second kappa shape index (κ2) is 6.18. The zero-order valence-corrected chi connectivity index (χ0v) is 13.5. The number of rotatable bonds is 5.